The van der Waals surface area contributed by atoms with Crippen LogP contribution in [0.5, 0.6) is 0 Å². The molecule has 1 N–H and O–H groups in total. The van der Waals surface area contributed by atoms with Crippen LogP contribution in [-0.2, 0) is 6.61 Å². The van der Waals surface area contributed by atoms with Crippen molar-refractivity contribution in [1.29, 1.82) is 0 Å². The van der Waals surface area contributed by atoms with Crippen molar-refractivity contribution in [2.75, 3.05) is 0 Å². The van der Waals surface area contributed by atoms with Gasteiger partial charge >= 0.3 is 0 Å². The Morgan fingerprint density at radius 3 is 2.83 bits per heavy atom. The number of hydrogen-bond donors (Lipinski definition) is 1. The van der Waals surface area contributed by atoms with Gasteiger partial charge in [-0.15, -0.1) is 0 Å². The molecule has 0 aliphatic carbocycles. The molecule has 3 nitrogen and oxygen atoms in total. The number of nitrogens with zero attached hydrogens (tertiary/aromatic N) is 1. The molecule has 0 amide bonds. The van der Waals surface area contributed by atoms with Gasteiger partial charge in [-0.05, 0) is 12.1 Å². The lowest BCUT2D eigenvalue weighted by Crippen LogP contribution is -2.00. The van der Waals surface area contributed by atoms with E-state index in [0.29, 0.717) is 11.4 Å². The van der Waals surface area contributed by atoms with Crippen molar-refractivity contribution < 1.29 is 9.90 Å². The van der Waals surface area contributed by atoms with Crippen molar-refractivity contribution >= 4 is 21.7 Å². The number of ketones is 1. The number of Topliss-reactive ketones (excluding diaryl/α,β-unsaturated/α-hetero) is 1. The van der Waals surface area contributed by atoms with Gasteiger partial charge in [0.15, 0.2) is 5.78 Å². The normalized spacial score (nSPS) is 9.92. The van der Waals surface area contributed by atoms with Gasteiger partial charge in [-0.1, -0.05) is 15.9 Å². The predicted molar refractivity (Wildman–Crippen MR) is 47.9 cm³/mol. The van der Waals surface area contributed by atoms with Crippen LogP contribution in [0.2, 0.25) is 0 Å². The highest BCUT2D eigenvalue weighted by atomic mass is 79.9. The molecule has 4 heteroatoms. The number of rotatable bonds is 2. The molecule has 64 valence electrons. The predicted octanol–water partition coefficient (Wildman–Crippen LogP) is 1.54. The summed E-state index contributed by atoms with van der Waals surface area (Å²) in [5.41, 5.74) is 0.864. The van der Waals surface area contributed by atoms with Crippen LogP contribution >= 0.6 is 15.9 Å². The first kappa shape index (κ1) is 9.35. The summed E-state index contributed by atoms with van der Waals surface area (Å²) in [6.45, 7) is 1.29. The van der Waals surface area contributed by atoms with E-state index in [1.54, 1.807) is 12.1 Å². The molecule has 0 spiro atoms. The summed E-state index contributed by atoms with van der Waals surface area (Å²) >= 11 is 3.22. The highest BCUT2D eigenvalue weighted by molar-refractivity contribution is 9.10. The molecule has 0 aliphatic heterocycles. The Hall–Kier alpha value is -0.740. The summed E-state index contributed by atoms with van der Waals surface area (Å²) in [6.07, 6.45) is 0. The Morgan fingerprint density at radius 2 is 2.33 bits per heavy atom. The lowest BCUT2D eigenvalue weighted by Gasteiger charge is -1.99. The van der Waals surface area contributed by atoms with Crippen molar-refractivity contribution in [3.05, 3.63) is 28.0 Å². The fraction of sp³-hybridized carbons (Fsp3) is 0.250. The monoisotopic (exact) mass is 229 g/mol. The maximum Gasteiger partial charge on any atom is 0.178 e. The number of carbonyl (C=O) groups is 1. The second-order valence-electron chi connectivity index (χ2n) is 2.38. The Kier molecular flexibility index (Phi) is 2.94. The largest absolute Gasteiger partial charge is 0.390 e. The molecule has 0 atom stereocenters. The minimum Gasteiger partial charge on any atom is -0.390 e. The zero-order valence-corrected chi connectivity index (χ0v) is 8.13. The molecule has 0 aliphatic rings. The molecule has 1 heterocycles. The van der Waals surface area contributed by atoms with Gasteiger partial charge < -0.3 is 5.11 Å². The third-order valence-electron chi connectivity index (χ3n) is 1.37. The molecule has 0 saturated carbocycles. The van der Waals surface area contributed by atoms with Crippen LogP contribution in [0.4, 0.5) is 0 Å². The summed E-state index contributed by atoms with van der Waals surface area (Å²) in [7, 11) is 0. The third-order valence-corrected chi connectivity index (χ3v) is 1.82. The summed E-state index contributed by atoms with van der Waals surface area (Å²) in [5.74, 6) is -0.106. The molecule has 0 saturated heterocycles. The molecule has 0 unspecified atom stereocenters. The van der Waals surface area contributed by atoms with Crippen LogP contribution in [0.25, 0.3) is 0 Å². The van der Waals surface area contributed by atoms with Crippen LogP contribution in [0.3, 0.4) is 0 Å². The maximum atomic E-state index is 10.9. The quantitative estimate of drug-likeness (QED) is 0.784. The summed E-state index contributed by atoms with van der Waals surface area (Å²) < 4.78 is 0.756. The molecule has 0 fully saturated rings. The van der Waals surface area contributed by atoms with Gasteiger partial charge in [-0.25, -0.2) is 4.98 Å². The van der Waals surface area contributed by atoms with E-state index in [4.69, 9.17) is 5.11 Å². The van der Waals surface area contributed by atoms with E-state index >= 15 is 0 Å². The molecule has 1 aromatic rings. The number of aliphatic hydroxyl groups is 1. The van der Waals surface area contributed by atoms with Gasteiger partial charge in [0.25, 0.3) is 0 Å². The van der Waals surface area contributed by atoms with Crippen LogP contribution in [-0.4, -0.2) is 15.9 Å². The number of pyridine rings is 1. The summed E-state index contributed by atoms with van der Waals surface area (Å²) in [4.78, 5) is 14.8. The number of halogens is 1. The van der Waals surface area contributed by atoms with Crippen LogP contribution in [0, 0.1) is 0 Å². The molecular weight excluding hydrogens is 222 g/mol. The van der Waals surface area contributed by atoms with Crippen LogP contribution in [0.1, 0.15) is 23.1 Å². The molecule has 0 bridgehead atoms. The van der Waals surface area contributed by atoms with Gasteiger partial charge in [0.2, 0.25) is 0 Å². The molecule has 0 radical (unpaired) electrons. The van der Waals surface area contributed by atoms with Crippen molar-refractivity contribution in [3.63, 3.8) is 0 Å². The Bertz CT molecular complexity index is 312. The number of carbonyl (C=O) groups excluding carboxylic acids is 1. The SMILES string of the molecule is CC(=O)c1cc(Br)cc(CO)n1. The summed E-state index contributed by atoms with van der Waals surface area (Å²) in [6, 6.07) is 3.30. The van der Waals surface area contributed by atoms with Crippen molar-refractivity contribution in [2.45, 2.75) is 13.5 Å². The number of aromatic nitrogens is 1. The number of hydrogen-bond acceptors (Lipinski definition) is 3. The minimum absolute atomic E-state index is 0.106. The molecular formula is C8H8BrNO2. The van der Waals surface area contributed by atoms with E-state index in [-0.39, 0.29) is 12.4 Å². The van der Waals surface area contributed by atoms with E-state index < -0.39 is 0 Å². The van der Waals surface area contributed by atoms with Crippen molar-refractivity contribution in [1.82, 2.24) is 4.98 Å². The van der Waals surface area contributed by atoms with Crippen molar-refractivity contribution in [2.24, 2.45) is 0 Å². The average Bonchev–Trinajstić information content (AvgIpc) is 2.03. The standard InChI is InChI=1S/C8H8BrNO2/c1-5(12)8-3-6(9)2-7(4-11)10-8/h2-3,11H,4H2,1H3. The zero-order chi connectivity index (χ0) is 9.14. The molecule has 1 aromatic heterocycles. The highest BCUT2D eigenvalue weighted by Crippen LogP contribution is 2.13. The van der Waals surface area contributed by atoms with E-state index in [9.17, 15) is 4.79 Å². The average molecular weight is 230 g/mol. The fourth-order valence-electron chi connectivity index (χ4n) is 0.812. The minimum atomic E-state index is -0.153. The van der Waals surface area contributed by atoms with Gasteiger partial charge in [0.05, 0.1) is 12.3 Å². The van der Waals surface area contributed by atoms with Crippen LogP contribution < -0.4 is 0 Å². The summed E-state index contributed by atoms with van der Waals surface area (Å²) in [5, 5.41) is 8.77. The first-order valence-electron chi connectivity index (χ1n) is 3.41. The van der Waals surface area contributed by atoms with E-state index in [2.05, 4.69) is 20.9 Å². The lowest BCUT2D eigenvalue weighted by molar-refractivity contribution is 0.101. The Morgan fingerprint density at radius 1 is 1.67 bits per heavy atom. The van der Waals surface area contributed by atoms with Crippen molar-refractivity contribution in [3.8, 4) is 0 Å². The smallest absolute Gasteiger partial charge is 0.178 e. The van der Waals surface area contributed by atoms with E-state index in [1.807, 2.05) is 0 Å². The van der Waals surface area contributed by atoms with Gasteiger partial charge in [0, 0.05) is 11.4 Å². The maximum absolute atomic E-state index is 10.9. The van der Waals surface area contributed by atoms with Gasteiger partial charge in [-0.3, -0.25) is 4.79 Å². The topological polar surface area (TPSA) is 50.2 Å². The number of aliphatic hydroxyl groups excluding tert-OH is 1. The van der Waals surface area contributed by atoms with Crippen LogP contribution in [0.15, 0.2) is 16.6 Å². The third kappa shape index (κ3) is 2.12. The molecule has 1 rings (SSSR count). The Balaban J connectivity index is 3.15. The Labute approximate surface area is 78.6 Å². The molecule has 0 aromatic carbocycles. The van der Waals surface area contributed by atoms with E-state index in [0.717, 1.165) is 4.47 Å². The zero-order valence-electron chi connectivity index (χ0n) is 6.54. The highest BCUT2D eigenvalue weighted by Gasteiger charge is 2.03. The second kappa shape index (κ2) is 3.78. The second-order valence-corrected chi connectivity index (χ2v) is 3.29. The fourth-order valence-corrected chi connectivity index (χ4v) is 1.29. The van der Waals surface area contributed by atoms with E-state index in [1.165, 1.54) is 6.92 Å². The first-order chi connectivity index (χ1) is 5.63. The first-order valence-corrected chi connectivity index (χ1v) is 4.21. The van der Waals surface area contributed by atoms with Gasteiger partial charge in [0.1, 0.15) is 5.69 Å². The lowest BCUT2D eigenvalue weighted by atomic mass is 10.2. The molecule has 12 heavy (non-hydrogen) atoms. The van der Waals surface area contributed by atoms with Gasteiger partial charge in [-0.2, -0.15) is 0 Å².